The van der Waals surface area contributed by atoms with Gasteiger partial charge in [-0.25, -0.2) is 4.98 Å². The van der Waals surface area contributed by atoms with E-state index in [4.69, 9.17) is 0 Å². The summed E-state index contributed by atoms with van der Waals surface area (Å²) in [5.41, 5.74) is 2.17. The van der Waals surface area contributed by atoms with Gasteiger partial charge in [-0.2, -0.15) is 0 Å². The first-order chi connectivity index (χ1) is 10.5. The van der Waals surface area contributed by atoms with E-state index in [0.29, 0.717) is 20.9 Å². The molecule has 0 aliphatic rings. The molecule has 110 valence electrons. The molecule has 3 rings (SSSR count). The first-order valence-electron chi connectivity index (χ1n) is 6.46. The monoisotopic (exact) mass is 313 g/mol. The molecule has 1 N–H and O–H groups in total. The number of fused-ring (bicyclic) bond motifs is 1. The Morgan fingerprint density at radius 3 is 2.82 bits per heavy atom. The van der Waals surface area contributed by atoms with Crippen LogP contribution >= 0.6 is 11.3 Å². The van der Waals surface area contributed by atoms with Crippen LogP contribution in [0.1, 0.15) is 15.9 Å². The molecule has 0 aliphatic heterocycles. The second kappa shape index (κ2) is 5.53. The van der Waals surface area contributed by atoms with Gasteiger partial charge in [0, 0.05) is 17.7 Å². The molecule has 1 amide bonds. The van der Waals surface area contributed by atoms with Gasteiger partial charge in [-0.1, -0.05) is 29.0 Å². The summed E-state index contributed by atoms with van der Waals surface area (Å²) < 4.78 is 0.661. The van der Waals surface area contributed by atoms with Gasteiger partial charge in [-0.15, -0.1) is 0 Å². The number of aryl methyl sites for hydroxylation is 1. The highest BCUT2D eigenvalue weighted by Gasteiger charge is 2.12. The average Bonchev–Trinajstić information content (AvgIpc) is 2.88. The Morgan fingerprint density at radius 1 is 1.27 bits per heavy atom. The molecule has 0 unspecified atom stereocenters. The van der Waals surface area contributed by atoms with Gasteiger partial charge in [0.15, 0.2) is 5.13 Å². The van der Waals surface area contributed by atoms with Gasteiger partial charge < -0.3 is 0 Å². The first-order valence-corrected chi connectivity index (χ1v) is 7.27. The number of rotatable bonds is 3. The highest BCUT2D eigenvalue weighted by atomic mass is 32.1. The van der Waals surface area contributed by atoms with E-state index in [0.717, 1.165) is 5.56 Å². The molecule has 3 aromatic rings. The van der Waals surface area contributed by atoms with Crippen molar-refractivity contribution in [3.05, 3.63) is 63.7 Å². The van der Waals surface area contributed by atoms with E-state index in [9.17, 15) is 14.9 Å². The zero-order valence-electron chi connectivity index (χ0n) is 11.6. The van der Waals surface area contributed by atoms with Gasteiger partial charge in [0.25, 0.3) is 11.6 Å². The number of benzene rings is 2. The number of hydrogen-bond acceptors (Lipinski definition) is 5. The molecule has 0 aliphatic carbocycles. The Labute approximate surface area is 129 Å². The number of thiazole rings is 1. The number of amides is 1. The van der Waals surface area contributed by atoms with Crippen LogP contribution in [0, 0.1) is 17.0 Å². The van der Waals surface area contributed by atoms with Crippen molar-refractivity contribution in [3.8, 4) is 0 Å². The number of hydrogen-bond donors (Lipinski definition) is 1. The predicted octanol–water partition coefficient (Wildman–Crippen LogP) is 3.77. The van der Waals surface area contributed by atoms with Crippen molar-refractivity contribution in [1.82, 2.24) is 4.98 Å². The molecule has 7 heteroatoms. The van der Waals surface area contributed by atoms with Gasteiger partial charge in [0.05, 0.1) is 15.1 Å². The van der Waals surface area contributed by atoms with Crippen LogP contribution in [0.5, 0.6) is 0 Å². The van der Waals surface area contributed by atoms with Crippen molar-refractivity contribution in [2.45, 2.75) is 6.92 Å². The number of nitro groups is 1. The molecule has 0 saturated heterocycles. The Balaban J connectivity index is 1.87. The molecule has 22 heavy (non-hydrogen) atoms. The second-order valence-corrected chi connectivity index (χ2v) is 5.78. The minimum absolute atomic E-state index is 0.00714. The fourth-order valence-electron chi connectivity index (χ4n) is 2.04. The fraction of sp³-hybridized carbons (Fsp3) is 0.0667. The van der Waals surface area contributed by atoms with E-state index >= 15 is 0 Å². The summed E-state index contributed by atoms with van der Waals surface area (Å²) in [4.78, 5) is 26.7. The normalized spacial score (nSPS) is 10.6. The molecule has 1 aromatic heterocycles. The zero-order chi connectivity index (χ0) is 15.7. The largest absolute Gasteiger partial charge is 0.298 e. The minimum atomic E-state index is -0.454. The smallest absolute Gasteiger partial charge is 0.270 e. The summed E-state index contributed by atoms with van der Waals surface area (Å²) in [6, 6.07) is 11.7. The molecule has 0 radical (unpaired) electrons. The lowest BCUT2D eigenvalue weighted by Crippen LogP contribution is -2.11. The van der Waals surface area contributed by atoms with Crippen molar-refractivity contribution in [2.24, 2.45) is 0 Å². The lowest BCUT2D eigenvalue weighted by molar-refractivity contribution is -0.384. The van der Waals surface area contributed by atoms with Crippen LogP contribution in [0.3, 0.4) is 0 Å². The highest BCUT2D eigenvalue weighted by molar-refractivity contribution is 7.22. The number of nitrogens with zero attached hydrogens (tertiary/aromatic N) is 2. The van der Waals surface area contributed by atoms with Crippen LogP contribution in [0.4, 0.5) is 10.8 Å². The second-order valence-electron chi connectivity index (χ2n) is 4.75. The number of non-ortho nitro benzene ring substituents is 1. The van der Waals surface area contributed by atoms with Crippen LogP contribution in [0.25, 0.3) is 10.2 Å². The lowest BCUT2D eigenvalue weighted by Gasteiger charge is -2.02. The van der Waals surface area contributed by atoms with Gasteiger partial charge in [-0.3, -0.25) is 20.2 Å². The minimum Gasteiger partial charge on any atom is -0.298 e. The maximum atomic E-state index is 12.2. The summed E-state index contributed by atoms with van der Waals surface area (Å²) in [6.07, 6.45) is 0. The molecule has 0 spiro atoms. The van der Waals surface area contributed by atoms with Crippen LogP contribution in [-0.2, 0) is 0 Å². The Bertz CT molecular complexity index is 889. The Hall–Kier alpha value is -2.80. The van der Waals surface area contributed by atoms with Gasteiger partial charge in [0.2, 0.25) is 0 Å². The van der Waals surface area contributed by atoms with Crippen LogP contribution in [-0.4, -0.2) is 15.8 Å². The van der Waals surface area contributed by atoms with Crippen molar-refractivity contribution in [2.75, 3.05) is 5.32 Å². The predicted molar refractivity (Wildman–Crippen MR) is 85.4 cm³/mol. The quantitative estimate of drug-likeness (QED) is 0.589. The summed E-state index contributed by atoms with van der Waals surface area (Å²) >= 11 is 1.21. The van der Waals surface area contributed by atoms with Gasteiger partial charge in [-0.05, 0) is 25.1 Å². The van der Waals surface area contributed by atoms with E-state index in [1.165, 1.54) is 23.5 Å². The summed E-state index contributed by atoms with van der Waals surface area (Å²) in [7, 11) is 0. The van der Waals surface area contributed by atoms with Gasteiger partial charge in [0.1, 0.15) is 0 Å². The standard InChI is InChI=1S/C15H11N3O3S/c1-9-3-2-4-10(7-9)14(19)17-15-16-12-6-5-11(18(20)21)8-13(12)22-15/h2-8H,1H3,(H,16,17,19). The molecule has 0 saturated carbocycles. The van der Waals surface area contributed by atoms with Crippen molar-refractivity contribution in [1.29, 1.82) is 0 Å². The molecular formula is C15H11N3O3S. The number of carbonyl (C=O) groups is 1. The third-order valence-corrected chi connectivity index (χ3v) is 4.02. The Kier molecular flexibility index (Phi) is 3.56. The number of aromatic nitrogens is 1. The van der Waals surface area contributed by atoms with Crippen LogP contribution in [0.2, 0.25) is 0 Å². The molecule has 0 atom stereocenters. The van der Waals surface area contributed by atoms with E-state index in [1.54, 1.807) is 18.2 Å². The topological polar surface area (TPSA) is 85.1 Å². The zero-order valence-corrected chi connectivity index (χ0v) is 12.4. The molecule has 0 fully saturated rings. The first kappa shape index (κ1) is 14.2. The fourth-order valence-corrected chi connectivity index (χ4v) is 2.93. The number of anilines is 1. The number of nitrogens with one attached hydrogen (secondary N) is 1. The summed E-state index contributed by atoms with van der Waals surface area (Å²) in [5, 5.41) is 13.9. The Morgan fingerprint density at radius 2 is 2.09 bits per heavy atom. The van der Waals surface area contributed by atoms with Crippen LogP contribution in [0.15, 0.2) is 42.5 Å². The average molecular weight is 313 g/mol. The third-order valence-electron chi connectivity index (χ3n) is 3.08. The van der Waals surface area contributed by atoms with E-state index < -0.39 is 4.92 Å². The maximum absolute atomic E-state index is 12.2. The van der Waals surface area contributed by atoms with Crippen molar-refractivity contribution >= 4 is 38.3 Å². The lowest BCUT2D eigenvalue weighted by atomic mass is 10.1. The van der Waals surface area contributed by atoms with E-state index in [-0.39, 0.29) is 11.6 Å². The van der Waals surface area contributed by atoms with Gasteiger partial charge >= 0.3 is 0 Å². The highest BCUT2D eigenvalue weighted by Crippen LogP contribution is 2.29. The SMILES string of the molecule is Cc1cccc(C(=O)Nc2nc3ccc([N+](=O)[O-])cc3s2)c1. The summed E-state index contributed by atoms with van der Waals surface area (Å²) in [5.74, 6) is -0.253. The number of carbonyl (C=O) groups excluding carboxylic acids is 1. The molecule has 1 heterocycles. The third kappa shape index (κ3) is 2.79. The molecule has 2 aromatic carbocycles. The van der Waals surface area contributed by atoms with Crippen molar-refractivity contribution < 1.29 is 9.72 Å². The summed E-state index contributed by atoms with van der Waals surface area (Å²) in [6.45, 7) is 1.91. The molecular weight excluding hydrogens is 302 g/mol. The van der Waals surface area contributed by atoms with Crippen LogP contribution < -0.4 is 5.32 Å². The van der Waals surface area contributed by atoms with E-state index in [1.807, 2.05) is 19.1 Å². The van der Waals surface area contributed by atoms with E-state index in [2.05, 4.69) is 10.3 Å². The maximum Gasteiger partial charge on any atom is 0.270 e. The molecule has 0 bridgehead atoms. The van der Waals surface area contributed by atoms with Crippen molar-refractivity contribution in [3.63, 3.8) is 0 Å². The number of nitro benzene ring substituents is 1. The molecule has 6 nitrogen and oxygen atoms in total.